The molecule has 4 atom stereocenters. The number of aliphatic carboxylic acids is 1. The molecule has 3 N–H and O–H groups in total. The molecule has 3 rings (SSSR count). The van der Waals surface area contributed by atoms with E-state index in [1.54, 1.807) is 0 Å². The van der Waals surface area contributed by atoms with Gasteiger partial charge in [-0.05, 0) is 55.8 Å². The molecule has 3 saturated carbocycles. The van der Waals surface area contributed by atoms with Crippen LogP contribution < -0.4 is 5.73 Å². The predicted molar refractivity (Wildman–Crippen MR) is 51.6 cm³/mol. The van der Waals surface area contributed by atoms with Gasteiger partial charge in [0.1, 0.15) is 5.54 Å². The molecule has 3 aliphatic carbocycles. The Morgan fingerprint density at radius 2 is 1.71 bits per heavy atom. The highest BCUT2D eigenvalue weighted by molar-refractivity contribution is 5.79. The fraction of sp³-hybridized carbons (Fsp3) is 0.909. The number of hydrogen-bond acceptors (Lipinski definition) is 2. The highest BCUT2D eigenvalue weighted by atomic mass is 16.4. The van der Waals surface area contributed by atoms with Gasteiger partial charge in [-0.25, -0.2) is 0 Å². The summed E-state index contributed by atoms with van der Waals surface area (Å²) in [4.78, 5) is 11.1. The Bertz CT molecular complexity index is 271. The first-order valence-corrected chi connectivity index (χ1v) is 5.62. The van der Waals surface area contributed by atoms with Crippen LogP contribution >= 0.6 is 0 Å². The molecule has 0 heterocycles. The van der Waals surface area contributed by atoms with E-state index in [4.69, 9.17) is 10.8 Å². The first-order chi connectivity index (χ1) is 6.60. The lowest BCUT2D eigenvalue weighted by Crippen LogP contribution is -2.46. The summed E-state index contributed by atoms with van der Waals surface area (Å²) in [6.07, 6.45) is 5.45. The van der Waals surface area contributed by atoms with Gasteiger partial charge in [-0.15, -0.1) is 0 Å². The molecule has 14 heavy (non-hydrogen) atoms. The van der Waals surface area contributed by atoms with E-state index < -0.39 is 11.5 Å². The minimum Gasteiger partial charge on any atom is -0.480 e. The van der Waals surface area contributed by atoms with Crippen LogP contribution in [-0.4, -0.2) is 16.6 Å². The second-order valence-corrected chi connectivity index (χ2v) is 5.53. The number of carboxylic acids is 1. The lowest BCUT2D eigenvalue weighted by Gasteiger charge is -2.23. The summed E-state index contributed by atoms with van der Waals surface area (Å²) in [5.41, 5.74) is 5.05. The molecule has 0 amide bonds. The van der Waals surface area contributed by atoms with Gasteiger partial charge in [-0.1, -0.05) is 0 Å². The molecule has 0 spiro atoms. The smallest absolute Gasteiger partial charge is 0.323 e. The number of rotatable bonds is 1. The molecular weight excluding hydrogens is 178 g/mol. The third kappa shape index (κ3) is 0.937. The van der Waals surface area contributed by atoms with Gasteiger partial charge in [0.2, 0.25) is 0 Å². The van der Waals surface area contributed by atoms with E-state index in [0.29, 0.717) is 11.8 Å². The zero-order chi connectivity index (χ0) is 9.92. The van der Waals surface area contributed by atoms with Crippen LogP contribution in [0.25, 0.3) is 0 Å². The van der Waals surface area contributed by atoms with Crippen molar-refractivity contribution in [2.45, 2.75) is 37.6 Å². The second-order valence-electron chi connectivity index (χ2n) is 5.53. The van der Waals surface area contributed by atoms with E-state index >= 15 is 0 Å². The average Bonchev–Trinajstić information content (AvgIpc) is 2.72. The first kappa shape index (κ1) is 8.72. The maximum Gasteiger partial charge on any atom is 0.323 e. The van der Waals surface area contributed by atoms with Gasteiger partial charge in [0.15, 0.2) is 0 Å². The van der Waals surface area contributed by atoms with E-state index in [0.717, 1.165) is 24.7 Å². The van der Waals surface area contributed by atoms with E-state index in [2.05, 4.69) is 0 Å². The third-order valence-corrected chi connectivity index (χ3v) is 4.90. The number of hydrogen-bond donors (Lipinski definition) is 2. The summed E-state index contributed by atoms with van der Waals surface area (Å²) in [6.45, 7) is 0. The van der Waals surface area contributed by atoms with Crippen molar-refractivity contribution in [3.05, 3.63) is 0 Å². The van der Waals surface area contributed by atoms with Gasteiger partial charge < -0.3 is 10.8 Å². The first-order valence-electron chi connectivity index (χ1n) is 5.62. The van der Waals surface area contributed by atoms with E-state index in [-0.39, 0.29) is 0 Å². The molecule has 78 valence electrons. The Morgan fingerprint density at radius 1 is 1.21 bits per heavy atom. The second kappa shape index (κ2) is 2.51. The number of nitrogens with two attached hydrogens (primary N) is 1. The fourth-order valence-corrected chi connectivity index (χ4v) is 4.26. The maximum atomic E-state index is 11.1. The van der Waals surface area contributed by atoms with Crippen molar-refractivity contribution < 1.29 is 9.90 Å². The molecule has 3 heteroatoms. The Morgan fingerprint density at radius 3 is 2.14 bits per heavy atom. The summed E-state index contributed by atoms with van der Waals surface area (Å²) in [6, 6.07) is 0. The average molecular weight is 195 g/mol. The molecule has 0 aromatic heterocycles. The Kier molecular flexibility index (Phi) is 1.56. The van der Waals surface area contributed by atoms with Gasteiger partial charge in [-0.2, -0.15) is 0 Å². The number of carboxylic acid groups (broad SMARTS) is 1. The van der Waals surface area contributed by atoms with Crippen molar-refractivity contribution in [3.8, 4) is 0 Å². The van der Waals surface area contributed by atoms with Gasteiger partial charge in [0, 0.05) is 0 Å². The molecule has 4 unspecified atom stereocenters. The van der Waals surface area contributed by atoms with Crippen molar-refractivity contribution in [1.29, 1.82) is 0 Å². The van der Waals surface area contributed by atoms with Crippen LogP contribution in [0.2, 0.25) is 0 Å². The fourth-order valence-electron chi connectivity index (χ4n) is 4.26. The van der Waals surface area contributed by atoms with Crippen LogP contribution in [-0.2, 0) is 4.79 Å². The molecule has 3 nitrogen and oxygen atoms in total. The zero-order valence-corrected chi connectivity index (χ0v) is 8.28. The highest BCUT2D eigenvalue weighted by Crippen LogP contribution is 2.60. The molecule has 2 bridgehead atoms. The van der Waals surface area contributed by atoms with E-state index in [1.807, 2.05) is 0 Å². The van der Waals surface area contributed by atoms with Gasteiger partial charge in [-0.3, -0.25) is 4.79 Å². The van der Waals surface area contributed by atoms with Crippen LogP contribution in [0.3, 0.4) is 0 Å². The largest absolute Gasteiger partial charge is 0.480 e. The molecule has 0 radical (unpaired) electrons. The van der Waals surface area contributed by atoms with Crippen molar-refractivity contribution in [1.82, 2.24) is 0 Å². The maximum absolute atomic E-state index is 11.1. The molecule has 0 aromatic carbocycles. The number of fused-ring (bicyclic) bond motifs is 5. The lowest BCUT2D eigenvalue weighted by atomic mass is 9.82. The molecular formula is C11H17NO2. The summed E-state index contributed by atoms with van der Waals surface area (Å²) in [7, 11) is 0. The summed E-state index contributed by atoms with van der Waals surface area (Å²) in [5.74, 6) is 2.08. The minimum atomic E-state index is -0.892. The standard InChI is InChI=1S/C11H17NO2/c12-11(10(13)14)4-8-6-1-2-7(3-6)9(8)5-11/h6-9H,1-5,12H2,(H,13,14). The Labute approximate surface area is 83.7 Å². The van der Waals surface area contributed by atoms with E-state index in [1.165, 1.54) is 19.3 Å². The van der Waals surface area contributed by atoms with Crippen molar-refractivity contribution in [2.24, 2.45) is 29.4 Å². The normalized spacial score (nSPS) is 54.9. The molecule has 0 saturated heterocycles. The quantitative estimate of drug-likeness (QED) is 0.661. The van der Waals surface area contributed by atoms with Gasteiger partial charge >= 0.3 is 5.97 Å². The number of carbonyl (C=O) groups is 1. The van der Waals surface area contributed by atoms with Crippen molar-refractivity contribution in [3.63, 3.8) is 0 Å². The van der Waals surface area contributed by atoms with Gasteiger partial charge in [0.25, 0.3) is 0 Å². The highest BCUT2D eigenvalue weighted by Gasteiger charge is 2.58. The lowest BCUT2D eigenvalue weighted by molar-refractivity contribution is -0.143. The van der Waals surface area contributed by atoms with Crippen molar-refractivity contribution >= 4 is 5.97 Å². The monoisotopic (exact) mass is 195 g/mol. The minimum absolute atomic E-state index is 0.634. The van der Waals surface area contributed by atoms with Crippen LogP contribution in [0.1, 0.15) is 32.1 Å². The topological polar surface area (TPSA) is 63.3 Å². The molecule has 3 fully saturated rings. The summed E-state index contributed by atoms with van der Waals surface area (Å²) in [5, 5.41) is 9.10. The summed E-state index contributed by atoms with van der Waals surface area (Å²) < 4.78 is 0. The van der Waals surface area contributed by atoms with Gasteiger partial charge in [0.05, 0.1) is 0 Å². The zero-order valence-electron chi connectivity index (χ0n) is 8.28. The predicted octanol–water partition coefficient (Wildman–Crippen LogP) is 1.22. The molecule has 0 aliphatic heterocycles. The molecule has 0 aromatic rings. The Balaban J connectivity index is 1.86. The molecule has 3 aliphatic rings. The van der Waals surface area contributed by atoms with Crippen LogP contribution in [0.5, 0.6) is 0 Å². The van der Waals surface area contributed by atoms with Crippen LogP contribution in [0.4, 0.5) is 0 Å². The van der Waals surface area contributed by atoms with Crippen LogP contribution in [0.15, 0.2) is 0 Å². The Hall–Kier alpha value is -0.570. The van der Waals surface area contributed by atoms with Crippen molar-refractivity contribution in [2.75, 3.05) is 0 Å². The SMILES string of the molecule is NC1(C(=O)O)CC2C3CCC(C3)C2C1. The van der Waals surface area contributed by atoms with Crippen LogP contribution in [0, 0.1) is 23.7 Å². The van der Waals surface area contributed by atoms with E-state index in [9.17, 15) is 4.79 Å². The summed E-state index contributed by atoms with van der Waals surface area (Å²) >= 11 is 0. The third-order valence-electron chi connectivity index (χ3n) is 4.90.